The maximum Gasteiger partial charge on any atom is 0.158 e. The lowest BCUT2D eigenvalue weighted by Gasteiger charge is -2.27. The van der Waals surface area contributed by atoms with Gasteiger partial charge in [0.25, 0.3) is 0 Å². The van der Waals surface area contributed by atoms with Crippen molar-refractivity contribution >= 4 is 0 Å². The third-order valence-corrected chi connectivity index (χ3v) is 4.55. The molecule has 0 radical (unpaired) electrons. The van der Waals surface area contributed by atoms with Crippen molar-refractivity contribution in [2.45, 2.75) is 89.3 Å². The van der Waals surface area contributed by atoms with E-state index in [0.29, 0.717) is 0 Å². The molecule has 2 aliphatic heterocycles. The van der Waals surface area contributed by atoms with Gasteiger partial charge in [-0.3, -0.25) is 0 Å². The molecule has 1 N–H and O–H groups in total. The third kappa shape index (κ3) is 8.45. The molecule has 23 heavy (non-hydrogen) atoms. The van der Waals surface area contributed by atoms with Gasteiger partial charge in [-0.15, -0.1) is 0 Å². The van der Waals surface area contributed by atoms with Crippen LogP contribution < -0.4 is 0 Å². The highest BCUT2D eigenvalue weighted by atomic mass is 16.7. The molecule has 3 atom stereocenters. The van der Waals surface area contributed by atoms with E-state index < -0.39 is 0 Å². The largest absolute Gasteiger partial charge is 0.394 e. The van der Waals surface area contributed by atoms with Gasteiger partial charge in [0.05, 0.1) is 12.7 Å². The summed E-state index contributed by atoms with van der Waals surface area (Å²) in [7, 11) is 0. The molecule has 2 aliphatic rings. The second-order valence-electron chi connectivity index (χ2n) is 6.61. The predicted molar refractivity (Wildman–Crippen MR) is 88.2 cm³/mol. The van der Waals surface area contributed by atoms with Gasteiger partial charge in [-0.05, 0) is 51.4 Å². The summed E-state index contributed by atoms with van der Waals surface area (Å²) in [5.41, 5.74) is 0. The number of hydrogen-bond acceptors (Lipinski definition) is 5. The van der Waals surface area contributed by atoms with Crippen LogP contribution in [0.3, 0.4) is 0 Å². The summed E-state index contributed by atoms with van der Waals surface area (Å²) in [6, 6.07) is 0. The quantitative estimate of drug-likeness (QED) is 0.589. The summed E-state index contributed by atoms with van der Waals surface area (Å²) < 4.78 is 22.7. The molecule has 0 aromatic carbocycles. The average Bonchev–Trinajstić information content (AvgIpc) is 2.61. The molecule has 0 aliphatic carbocycles. The molecule has 0 bridgehead atoms. The molecule has 0 aromatic heterocycles. The molecule has 2 rings (SSSR count). The second kappa shape index (κ2) is 12.2. The molecule has 0 aromatic rings. The van der Waals surface area contributed by atoms with Gasteiger partial charge in [0, 0.05) is 19.8 Å². The summed E-state index contributed by atoms with van der Waals surface area (Å²) in [5.74, 6) is 0. The standard InChI is InChI=1S/C18H34O5/c19-15-16(23-18-11-5-8-14-22-18)9-3-1-2-6-12-20-17-10-4-7-13-21-17/h16-19H,1-15H2. The Labute approximate surface area is 140 Å². The highest BCUT2D eigenvalue weighted by molar-refractivity contribution is 4.61. The van der Waals surface area contributed by atoms with Crippen LogP contribution in [0.1, 0.15) is 70.6 Å². The van der Waals surface area contributed by atoms with E-state index in [1.165, 1.54) is 12.8 Å². The van der Waals surface area contributed by atoms with Gasteiger partial charge >= 0.3 is 0 Å². The van der Waals surface area contributed by atoms with Crippen molar-refractivity contribution in [1.29, 1.82) is 0 Å². The van der Waals surface area contributed by atoms with Crippen molar-refractivity contribution in [3.8, 4) is 0 Å². The first kappa shape index (κ1) is 19.1. The van der Waals surface area contributed by atoms with E-state index in [-0.39, 0.29) is 25.3 Å². The lowest BCUT2D eigenvalue weighted by Crippen LogP contribution is -2.29. The van der Waals surface area contributed by atoms with Crippen molar-refractivity contribution in [3.05, 3.63) is 0 Å². The van der Waals surface area contributed by atoms with Crippen LogP contribution in [-0.4, -0.2) is 50.2 Å². The minimum absolute atomic E-state index is 0.0337. The smallest absolute Gasteiger partial charge is 0.158 e. The number of aliphatic hydroxyl groups is 1. The molecule has 0 saturated carbocycles. The number of unbranched alkanes of at least 4 members (excludes halogenated alkanes) is 3. The monoisotopic (exact) mass is 330 g/mol. The van der Waals surface area contributed by atoms with Gasteiger partial charge in [0.2, 0.25) is 0 Å². The van der Waals surface area contributed by atoms with E-state index in [2.05, 4.69) is 0 Å². The molecule has 2 fully saturated rings. The number of ether oxygens (including phenoxy) is 4. The Hall–Kier alpha value is -0.200. The molecule has 0 spiro atoms. The summed E-state index contributed by atoms with van der Waals surface area (Å²) in [4.78, 5) is 0. The Morgan fingerprint density at radius 3 is 2.22 bits per heavy atom. The third-order valence-electron chi connectivity index (χ3n) is 4.55. The van der Waals surface area contributed by atoms with Gasteiger partial charge in [-0.25, -0.2) is 0 Å². The van der Waals surface area contributed by atoms with E-state index >= 15 is 0 Å². The minimum atomic E-state index is -0.107. The fraction of sp³-hybridized carbons (Fsp3) is 1.00. The average molecular weight is 330 g/mol. The first-order valence-electron chi connectivity index (χ1n) is 9.49. The fourth-order valence-electron chi connectivity index (χ4n) is 3.12. The summed E-state index contributed by atoms with van der Waals surface area (Å²) in [6.07, 6.45) is 11.9. The van der Waals surface area contributed by atoms with Crippen molar-refractivity contribution < 1.29 is 24.1 Å². The van der Waals surface area contributed by atoms with Crippen LogP contribution in [0.4, 0.5) is 0 Å². The summed E-state index contributed by atoms with van der Waals surface area (Å²) in [6.45, 7) is 2.51. The Bertz CT molecular complexity index is 275. The number of hydrogen-bond donors (Lipinski definition) is 1. The van der Waals surface area contributed by atoms with E-state index in [1.54, 1.807) is 0 Å². The Kier molecular flexibility index (Phi) is 10.1. The van der Waals surface area contributed by atoms with Crippen molar-refractivity contribution in [2.24, 2.45) is 0 Å². The van der Waals surface area contributed by atoms with Crippen LogP contribution in [0.15, 0.2) is 0 Å². The molecular weight excluding hydrogens is 296 g/mol. The normalized spacial score (nSPS) is 27.0. The van der Waals surface area contributed by atoms with E-state index in [0.717, 1.165) is 77.6 Å². The van der Waals surface area contributed by atoms with Crippen molar-refractivity contribution in [3.63, 3.8) is 0 Å². The molecule has 3 unspecified atom stereocenters. The van der Waals surface area contributed by atoms with Gasteiger partial charge in [0.15, 0.2) is 12.6 Å². The van der Waals surface area contributed by atoms with Gasteiger partial charge in [0.1, 0.15) is 0 Å². The zero-order valence-corrected chi connectivity index (χ0v) is 14.4. The van der Waals surface area contributed by atoms with Gasteiger partial charge in [-0.2, -0.15) is 0 Å². The molecule has 2 saturated heterocycles. The zero-order valence-electron chi connectivity index (χ0n) is 14.4. The van der Waals surface area contributed by atoms with Crippen LogP contribution in [0.25, 0.3) is 0 Å². The van der Waals surface area contributed by atoms with Crippen LogP contribution in [0.5, 0.6) is 0 Å². The second-order valence-corrected chi connectivity index (χ2v) is 6.61. The van der Waals surface area contributed by atoms with Gasteiger partial charge < -0.3 is 24.1 Å². The lowest BCUT2D eigenvalue weighted by molar-refractivity contribution is -0.196. The Morgan fingerprint density at radius 1 is 0.870 bits per heavy atom. The van der Waals surface area contributed by atoms with E-state index in [4.69, 9.17) is 18.9 Å². The van der Waals surface area contributed by atoms with E-state index in [9.17, 15) is 5.11 Å². The number of aliphatic hydroxyl groups excluding tert-OH is 1. The first-order valence-corrected chi connectivity index (χ1v) is 9.49. The van der Waals surface area contributed by atoms with Crippen LogP contribution in [0, 0.1) is 0 Å². The molecule has 5 nitrogen and oxygen atoms in total. The SMILES string of the molecule is OCC(CCCCCCOC1CCCCO1)OC1CCCCO1. The maximum atomic E-state index is 9.43. The van der Waals surface area contributed by atoms with Crippen LogP contribution >= 0.6 is 0 Å². The molecule has 136 valence electrons. The van der Waals surface area contributed by atoms with Crippen molar-refractivity contribution in [2.75, 3.05) is 26.4 Å². The van der Waals surface area contributed by atoms with Crippen molar-refractivity contribution in [1.82, 2.24) is 0 Å². The molecule has 5 heteroatoms. The van der Waals surface area contributed by atoms with Crippen LogP contribution in [-0.2, 0) is 18.9 Å². The fourth-order valence-corrected chi connectivity index (χ4v) is 3.12. The molecular formula is C18H34O5. The highest BCUT2D eigenvalue weighted by Gasteiger charge is 2.19. The lowest BCUT2D eigenvalue weighted by atomic mass is 10.1. The predicted octanol–water partition coefficient (Wildman–Crippen LogP) is 3.38. The summed E-state index contributed by atoms with van der Waals surface area (Å²) in [5, 5.41) is 9.43. The minimum Gasteiger partial charge on any atom is -0.394 e. The molecule has 2 heterocycles. The van der Waals surface area contributed by atoms with Gasteiger partial charge in [-0.1, -0.05) is 19.3 Å². The zero-order chi connectivity index (χ0) is 16.2. The topological polar surface area (TPSA) is 57.2 Å². The Morgan fingerprint density at radius 2 is 1.57 bits per heavy atom. The number of rotatable bonds is 11. The Balaban J connectivity index is 1.42. The summed E-state index contributed by atoms with van der Waals surface area (Å²) >= 11 is 0. The first-order chi connectivity index (χ1) is 11.4. The van der Waals surface area contributed by atoms with Crippen LogP contribution in [0.2, 0.25) is 0 Å². The van der Waals surface area contributed by atoms with E-state index in [1.807, 2.05) is 0 Å². The highest BCUT2D eigenvalue weighted by Crippen LogP contribution is 2.18. The maximum absolute atomic E-state index is 9.43. The molecule has 0 amide bonds.